The fourth-order valence-corrected chi connectivity index (χ4v) is 1.08. The largest absolute Gasteiger partial charge is 0.466 e. The van der Waals surface area contributed by atoms with Gasteiger partial charge < -0.3 is 4.42 Å². The Morgan fingerprint density at radius 2 is 2.22 bits per heavy atom. The van der Waals surface area contributed by atoms with Crippen LogP contribution in [0.2, 0.25) is 0 Å². The second-order valence-electron chi connectivity index (χ2n) is 2.07. The van der Waals surface area contributed by atoms with Crippen LogP contribution in [0.1, 0.15) is 17.1 Å². The predicted octanol–water partition coefficient (Wildman–Crippen LogP) is 2.64. The van der Waals surface area contributed by atoms with E-state index in [-0.39, 0.29) is 0 Å². The lowest BCUT2D eigenvalue weighted by Gasteiger charge is -1.85. The van der Waals surface area contributed by atoms with Crippen molar-refractivity contribution in [2.24, 2.45) is 0 Å². The summed E-state index contributed by atoms with van der Waals surface area (Å²) in [5.41, 5.74) is 1.09. The molecule has 0 bridgehead atoms. The van der Waals surface area contributed by atoms with Crippen LogP contribution in [0.4, 0.5) is 0 Å². The molecule has 50 valence electrons. The fraction of sp³-hybridized carbons (Fsp3) is 0.429. The van der Waals surface area contributed by atoms with E-state index in [9.17, 15) is 0 Å². The van der Waals surface area contributed by atoms with Gasteiger partial charge in [0.2, 0.25) is 0 Å². The van der Waals surface area contributed by atoms with Crippen LogP contribution in [0, 0.1) is 13.8 Å². The van der Waals surface area contributed by atoms with Gasteiger partial charge in [0.05, 0.1) is 5.88 Å². The average Bonchev–Trinajstić information content (AvgIpc) is 2.10. The normalized spacial score (nSPS) is 10.1. The number of rotatable bonds is 1. The van der Waals surface area contributed by atoms with E-state index in [0.29, 0.717) is 5.88 Å². The molecule has 0 saturated heterocycles. The third kappa shape index (κ3) is 1.28. The second kappa shape index (κ2) is 2.44. The molecule has 1 rings (SSSR count). The topological polar surface area (TPSA) is 13.1 Å². The van der Waals surface area contributed by atoms with Crippen LogP contribution in [-0.2, 0) is 5.88 Å². The molecule has 0 saturated carbocycles. The maximum atomic E-state index is 5.59. The second-order valence-corrected chi connectivity index (χ2v) is 2.34. The number of halogens is 1. The SMILES string of the molecule is Cc1cc(CCl)c(C)o1. The Morgan fingerprint density at radius 1 is 1.56 bits per heavy atom. The van der Waals surface area contributed by atoms with Gasteiger partial charge in [0, 0.05) is 5.56 Å². The van der Waals surface area contributed by atoms with Crippen molar-refractivity contribution in [2.75, 3.05) is 0 Å². The van der Waals surface area contributed by atoms with Crippen molar-refractivity contribution in [1.29, 1.82) is 0 Å². The van der Waals surface area contributed by atoms with Gasteiger partial charge in [-0.15, -0.1) is 11.6 Å². The van der Waals surface area contributed by atoms with Crippen molar-refractivity contribution in [1.82, 2.24) is 0 Å². The summed E-state index contributed by atoms with van der Waals surface area (Å²) in [4.78, 5) is 0. The van der Waals surface area contributed by atoms with Crippen molar-refractivity contribution >= 4 is 11.6 Å². The molecular formula is C7H9ClO. The van der Waals surface area contributed by atoms with Crippen LogP contribution >= 0.6 is 11.6 Å². The predicted molar refractivity (Wildman–Crippen MR) is 37.7 cm³/mol. The van der Waals surface area contributed by atoms with Crippen LogP contribution in [0.25, 0.3) is 0 Å². The monoisotopic (exact) mass is 144 g/mol. The molecule has 0 aliphatic heterocycles. The molecule has 0 aliphatic rings. The lowest BCUT2D eigenvalue weighted by molar-refractivity contribution is 0.502. The first-order valence-corrected chi connectivity index (χ1v) is 3.39. The summed E-state index contributed by atoms with van der Waals surface area (Å²) in [5, 5.41) is 0. The summed E-state index contributed by atoms with van der Waals surface area (Å²) < 4.78 is 5.22. The van der Waals surface area contributed by atoms with Gasteiger partial charge in [0.1, 0.15) is 11.5 Å². The number of hydrogen-bond donors (Lipinski definition) is 0. The van der Waals surface area contributed by atoms with E-state index < -0.39 is 0 Å². The van der Waals surface area contributed by atoms with Gasteiger partial charge in [0.15, 0.2) is 0 Å². The highest BCUT2D eigenvalue weighted by Gasteiger charge is 2.00. The van der Waals surface area contributed by atoms with Gasteiger partial charge in [-0.25, -0.2) is 0 Å². The molecule has 1 nitrogen and oxygen atoms in total. The standard InChI is InChI=1S/C7H9ClO/c1-5-3-7(4-8)6(2)9-5/h3H,4H2,1-2H3. The molecule has 0 unspecified atom stereocenters. The molecule has 2 heteroatoms. The molecule has 1 heterocycles. The minimum Gasteiger partial charge on any atom is -0.466 e. The van der Waals surface area contributed by atoms with Gasteiger partial charge in [-0.3, -0.25) is 0 Å². The Bertz CT molecular complexity index is 203. The minimum atomic E-state index is 0.545. The quantitative estimate of drug-likeness (QED) is 0.553. The van der Waals surface area contributed by atoms with E-state index in [2.05, 4.69) is 0 Å². The maximum absolute atomic E-state index is 5.59. The molecule has 0 fully saturated rings. The average molecular weight is 145 g/mol. The zero-order valence-corrected chi connectivity index (χ0v) is 6.33. The van der Waals surface area contributed by atoms with Gasteiger partial charge in [-0.05, 0) is 19.9 Å². The van der Waals surface area contributed by atoms with Crippen LogP contribution in [0.3, 0.4) is 0 Å². The van der Waals surface area contributed by atoms with Gasteiger partial charge in [-0.1, -0.05) is 0 Å². The highest BCUT2D eigenvalue weighted by Crippen LogP contribution is 2.14. The first-order chi connectivity index (χ1) is 4.24. The Kier molecular flexibility index (Phi) is 1.81. The zero-order chi connectivity index (χ0) is 6.85. The van der Waals surface area contributed by atoms with Crippen molar-refractivity contribution in [2.45, 2.75) is 19.7 Å². The van der Waals surface area contributed by atoms with Crippen molar-refractivity contribution in [3.8, 4) is 0 Å². The molecule has 0 atom stereocenters. The van der Waals surface area contributed by atoms with E-state index in [0.717, 1.165) is 17.1 Å². The number of furan rings is 1. The summed E-state index contributed by atoms with van der Waals surface area (Å²) in [6.07, 6.45) is 0. The highest BCUT2D eigenvalue weighted by atomic mass is 35.5. The molecule has 0 N–H and O–H groups in total. The molecule has 0 aromatic carbocycles. The third-order valence-electron chi connectivity index (χ3n) is 1.29. The molecule has 0 aliphatic carbocycles. The van der Waals surface area contributed by atoms with Gasteiger partial charge in [-0.2, -0.15) is 0 Å². The fourth-order valence-electron chi connectivity index (χ4n) is 0.816. The summed E-state index contributed by atoms with van der Waals surface area (Å²) in [7, 11) is 0. The van der Waals surface area contributed by atoms with Crippen LogP contribution in [0.15, 0.2) is 10.5 Å². The third-order valence-corrected chi connectivity index (χ3v) is 1.58. The van der Waals surface area contributed by atoms with Gasteiger partial charge >= 0.3 is 0 Å². The van der Waals surface area contributed by atoms with E-state index in [1.807, 2.05) is 19.9 Å². The van der Waals surface area contributed by atoms with Crippen LogP contribution in [-0.4, -0.2) is 0 Å². The minimum absolute atomic E-state index is 0.545. The van der Waals surface area contributed by atoms with E-state index >= 15 is 0 Å². The van der Waals surface area contributed by atoms with Crippen molar-refractivity contribution in [3.63, 3.8) is 0 Å². The lowest BCUT2D eigenvalue weighted by Crippen LogP contribution is -1.72. The zero-order valence-electron chi connectivity index (χ0n) is 5.57. The Morgan fingerprint density at radius 3 is 2.44 bits per heavy atom. The smallest absolute Gasteiger partial charge is 0.105 e. The van der Waals surface area contributed by atoms with Gasteiger partial charge in [0.25, 0.3) is 0 Å². The Balaban J connectivity index is 3.01. The molecule has 9 heavy (non-hydrogen) atoms. The summed E-state index contributed by atoms with van der Waals surface area (Å²) in [5.74, 6) is 2.41. The van der Waals surface area contributed by atoms with Crippen LogP contribution < -0.4 is 0 Å². The maximum Gasteiger partial charge on any atom is 0.105 e. The number of alkyl halides is 1. The molecule has 0 radical (unpaired) electrons. The summed E-state index contributed by atoms with van der Waals surface area (Å²) >= 11 is 5.59. The summed E-state index contributed by atoms with van der Waals surface area (Å²) in [6.45, 7) is 3.84. The molecule has 0 amide bonds. The number of aryl methyl sites for hydroxylation is 2. The highest BCUT2D eigenvalue weighted by molar-refractivity contribution is 6.17. The van der Waals surface area contributed by atoms with Crippen LogP contribution in [0.5, 0.6) is 0 Å². The Labute approximate surface area is 59.6 Å². The van der Waals surface area contributed by atoms with E-state index in [1.54, 1.807) is 0 Å². The number of hydrogen-bond acceptors (Lipinski definition) is 1. The molecular weight excluding hydrogens is 136 g/mol. The van der Waals surface area contributed by atoms with Crippen molar-refractivity contribution in [3.05, 3.63) is 23.2 Å². The summed E-state index contributed by atoms with van der Waals surface area (Å²) in [6, 6.07) is 1.96. The molecule has 1 aromatic heterocycles. The molecule has 0 spiro atoms. The Hall–Kier alpha value is -0.430. The van der Waals surface area contributed by atoms with E-state index in [1.165, 1.54) is 0 Å². The first kappa shape index (κ1) is 6.69. The first-order valence-electron chi connectivity index (χ1n) is 2.86. The lowest BCUT2D eigenvalue weighted by atomic mass is 10.3. The molecule has 1 aromatic rings. The van der Waals surface area contributed by atoms with Crippen molar-refractivity contribution < 1.29 is 4.42 Å². The van der Waals surface area contributed by atoms with E-state index in [4.69, 9.17) is 16.0 Å².